The maximum Gasteiger partial charge on any atom is 0.272 e. The number of aromatic amines is 1. The molecule has 0 bridgehead atoms. The zero-order valence-corrected chi connectivity index (χ0v) is 17.2. The second kappa shape index (κ2) is 14.6. The normalized spacial score (nSPS) is 9.41. The number of aromatic nitrogens is 1. The minimum absolute atomic E-state index is 0. The van der Waals surface area contributed by atoms with Crippen LogP contribution >= 0.6 is 0 Å². The van der Waals surface area contributed by atoms with Crippen LogP contribution in [0.5, 0.6) is 0 Å². The third-order valence-corrected chi connectivity index (χ3v) is 3.54. The monoisotopic (exact) mass is 370 g/mol. The second-order valence-corrected chi connectivity index (χ2v) is 5.64. The van der Waals surface area contributed by atoms with Crippen LogP contribution in [0.3, 0.4) is 0 Å². The molecule has 150 valence electrons. The number of nitrogens with one attached hydrogen (secondary N) is 2. The van der Waals surface area contributed by atoms with E-state index in [1.807, 2.05) is 45.9 Å². The lowest BCUT2D eigenvalue weighted by Crippen LogP contribution is -2.21. The van der Waals surface area contributed by atoms with Crippen molar-refractivity contribution < 1.29 is 4.79 Å². The first-order chi connectivity index (χ1) is 12.5. The molecule has 0 saturated carbocycles. The van der Waals surface area contributed by atoms with Gasteiger partial charge in [0.25, 0.3) is 5.91 Å². The molecule has 0 spiro atoms. The predicted molar refractivity (Wildman–Crippen MR) is 122 cm³/mol. The standard InChI is InChI=1S/C18H22N2O.C3H6.C2H6.CH4/c1-5-7-13(4)19-18(21)17-11-15-14(8-6-2)12(3)9-10-16(15)20-17;1-3-2;1-2;/h5,7,9-11,20H,4,6,8H2,1-3H3,(H,19,21);3H,1H2,2H3;1-2H3;1H4/b7-5-;;;. The summed E-state index contributed by atoms with van der Waals surface area (Å²) in [6.07, 6.45) is 7.47. The van der Waals surface area contributed by atoms with Gasteiger partial charge < -0.3 is 10.3 Å². The molecule has 3 nitrogen and oxygen atoms in total. The number of carbonyl (C=O) groups excluding carboxylic acids is 1. The Hall–Kier alpha value is -2.55. The van der Waals surface area contributed by atoms with Gasteiger partial charge in [-0.1, -0.05) is 59.4 Å². The van der Waals surface area contributed by atoms with Crippen LogP contribution in [-0.4, -0.2) is 10.9 Å². The smallest absolute Gasteiger partial charge is 0.272 e. The maximum absolute atomic E-state index is 12.2. The molecule has 1 aromatic heterocycles. The first-order valence-corrected chi connectivity index (χ1v) is 9.29. The van der Waals surface area contributed by atoms with Gasteiger partial charge in [0.1, 0.15) is 5.69 Å². The van der Waals surface area contributed by atoms with Crippen LogP contribution in [0, 0.1) is 6.92 Å². The largest absolute Gasteiger partial charge is 0.351 e. The Labute approximate surface area is 166 Å². The van der Waals surface area contributed by atoms with E-state index in [2.05, 4.69) is 43.4 Å². The summed E-state index contributed by atoms with van der Waals surface area (Å²) in [5.41, 5.74) is 4.75. The summed E-state index contributed by atoms with van der Waals surface area (Å²) < 4.78 is 0. The fraction of sp³-hybridized carbons (Fsp3) is 0.375. The van der Waals surface area contributed by atoms with Gasteiger partial charge in [-0.25, -0.2) is 0 Å². The first-order valence-electron chi connectivity index (χ1n) is 9.29. The fourth-order valence-corrected chi connectivity index (χ4v) is 2.53. The van der Waals surface area contributed by atoms with E-state index in [0.29, 0.717) is 11.4 Å². The molecule has 0 aliphatic heterocycles. The van der Waals surface area contributed by atoms with Gasteiger partial charge in [0.15, 0.2) is 0 Å². The third kappa shape index (κ3) is 8.12. The summed E-state index contributed by atoms with van der Waals surface area (Å²) in [6, 6.07) is 6.07. The van der Waals surface area contributed by atoms with Crippen molar-refractivity contribution in [2.45, 2.75) is 61.8 Å². The molecule has 0 fully saturated rings. The molecule has 0 saturated heterocycles. The minimum Gasteiger partial charge on any atom is -0.351 e. The Bertz CT molecular complexity index is 751. The van der Waals surface area contributed by atoms with Crippen LogP contribution in [-0.2, 0) is 6.42 Å². The van der Waals surface area contributed by atoms with Crippen LogP contribution in [0.1, 0.15) is 70.1 Å². The zero-order valence-electron chi connectivity index (χ0n) is 17.2. The molecule has 3 heteroatoms. The molecule has 1 aromatic carbocycles. The van der Waals surface area contributed by atoms with Gasteiger partial charge in [0, 0.05) is 16.6 Å². The van der Waals surface area contributed by atoms with Crippen LogP contribution in [0.15, 0.2) is 55.3 Å². The van der Waals surface area contributed by atoms with Gasteiger partial charge in [-0.3, -0.25) is 4.79 Å². The molecule has 2 N–H and O–H groups in total. The molecule has 2 aromatic rings. The number of hydrogen-bond donors (Lipinski definition) is 2. The lowest BCUT2D eigenvalue weighted by atomic mass is 10.00. The maximum atomic E-state index is 12.2. The average molecular weight is 371 g/mol. The zero-order chi connectivity index (χ0) is 20.1. The summed E-state index contributed by atoms with van der Waals surface area (Å²) in [7, 11) is 0. The number of rotatable bonds is 5. The number of benzene rings is 1. The van der Waals surface area contributed by atoms with Gasteiger partial charge in [-0.2, -0.15) is 0 Å². The number of allylic oxidation sites excluding steroid dienone is 3. The van der Waals surface area contributed by atoms with Crippen LogP contribution in [0.25, 0.3) is 10.9 Å². The van der Waals surface area contributed by atoms with Gasteiger partial charge in [0.05, 0.1) is 0 Å². The van der Waals surface area contributed by atoms with E-state index in [1.165, 1.54) is 11.1 Å². The molecule has 2 rings (SSSR count). The second-order valence-electron chi connectivity index (χ2n) is 5.64. The Kier molecular flexibility index (Phi) is 14.4. The summed E-state index contributed by atoms with van der Waals surface area (Å²) in [6.45, 7) is 19.2. The number of aryl methyl sites for hydroxylation is 2. The van der Waals surface area contributed by atoms with Crippen LogP contribution in [0.4, 0.5) is 0 Å². The summed E-state index contributed by atoms with van der Waals surface area (Å²) >= 11 is 0. The highest BCUT2D eigenvalue weighted by molar-refractivity contribution is 6.00. The van der Waals surface area contributed by atoms with E-state index in [4.69, 9.17) is 0 Å². The van der Waals surface area contributed by atoms with Gasteiger partial charge in [0.2, 0.25) is 0 Å². The Morgan fingerprint density at radius 1 is 1.26 bits per heavy atom. The third-order valence-electron chi connectivity index (χ3n) is 3.54. The average Bonchev–Trinajstić information content (AvgIpc) is 3.05. The molecule has 0 unspecified atom stereocenters. The van der Waals surface area contributed by atoms with Crippen molar-refractivity contribution in [1.82, 2.24) is 10.3 Å². The fourth-order valence-electron chi connectivity index (χ4n) is 2.53. The Balaban J connectivity index is 0. The van der Waals surface area contributed by atoms with Crippen molar-refractivity contribution >= 4 is 16.8 Å². The van der Waals surface area contributed by atoms with Crippen molar-refractivity contribution in [3.05, 3.63) is 72.1 Å². The molecular weight excluding hydrogens is 332 g/mol. The summed E-state index contributed by atoms with van der Waals surface area (Å²) in [4.78, 5) is 15.4. The number of amides is 1. The number of H-pyrrole nitrogens is 1. The number of carbonyl (C=O) groups is 1. The van der Waals surface area contributed by atoms with E-state index in [9.17, 15) is 4.79 Å². The Morgan fingerprint density at radius 3 is 2.37 bits per heavy atom. The molecule has 27 heavy (non-hydrogen) atoms. The van der Waals surface area contributed by atoms with Crippen molar-refractivity contribution in [1.29, 1.82) is 0 Å². The SMILES string of the molecule is C.C=C(/C=C\C)NC(=O)c1cc2c(CCC)c(C)ccc2[nH]1.C=CC.CC. The molecule has 0 atom stereocenters. The van der Waals surface area contributed by atoms with E-state index < -0.39 is 0 Å². The highest BCUT2D eigenvalue weighted by Crippen LogP contribution is 2.24. The lowest BCUT2D eigenvalue weighted by Gasteiger charge is -2.05. The van der Waals surface area contributed by atoms with Gasteiger partial charge in [-0.15, -0.1) is 6.58 Å². The summed E-state index contributed by atoms with van der Waals surface area (Å²) in [5, 5.41) is 3.91. The molecule has 0 radical (unpaired) electrons. The Morgan fingerprint density at radius 2 is 1.85 bits per heavy atom. The molecular formula is C24H38N2O. The minimum atomic E-state index is -0.158. The van der Waals surface area contributed by atoms with E-state index in [0.717, 1.165) is 23.7 Å². The topological polar surface area (TPSA) is 44.9 Å². The molecule has 0 aliphatic carbocycles. The van der Waals surface area contributed by atoms with Gasteiger partial charge >= 0.3 is 0 Å². The highest BCUT2D eigenvalue weighted by atomic mass is 16.1. The van der Waals surface area contributed by atoms with Crippen molar-refractivity contribution in [3.63, 3.8) is 0 Å². The molecule has 1 heterocycles. The van der Waals surface area contributed by atoms with Crippen LogP contribution < -0.4 is 5.32 Å². The van der Waals surface area contributed by atoms with E-state index in [-0.39, 0.29) is 13.3 Å². The lowest BCUT2D eigenvalue weighted by molar-refractivity contribution is 0.0963. The van der Waals surface area contributed by atoms with E-state index in [1.54, 1.807) is 12.2 Å². The van der Waals surface area contributed by atoms with Crippen molar-refractivity contribution in [2.24, 2.45) is 0 Å². The summed E-state index contributed by atoms with van der Waals surface area (Å²) in [5.74, 6) is -0.158. The highest BCUT2D eigenvalue weighted by Gasteiger charge is 2.12. The van der Waals surface area contributed by atoms with Gasteiger partial charge in [-0.05, 0) is 56.5 Å². The quantitative estimate of drug-likeness (QED) is 0.428. The van der Waals surface area contributed by atoms with E-state index >= 15 is 0 Å². The van der Waals surface area contributed by atoms with Crippen LogP contribution in [0.2, 0.25) is 0 Å². The van der Waals surface area contributed by atoms with Crippen molar-refractivity contribution in [2.75, 3.05) is 0 Å². The molecule has 0 aliphatic rings. The predicted octanol–water partition coefficient (Wildman–Crippen LogP) is 7.10. The number of fused-ring (bicyclic) bond motifs is 1. The number of hydrogen-bond acceptors (Lipinski definition) is 1. The molecule has 1 amide bonds. The first kappa shape index (κ1) is 26.7. The van der Waals surface area contributed by atoms with Crippen molar-refractivity contribution in [3.8, 4) is 0 Å².